The zero-order valence-electron chi connectivity index (χ0n) is 10.5. The highest BCUT2D eigenvalue weighted by Gasteiger charge is 2.14. The van der Waals surface area contributed by atoms with Crippen LogP contribution in [-0.2, 0) is 16.1 Å². The second-order valence-corrected chi connectivity index (χ2v) is 4.02. The molecule has 0 aromatic heterocycles. The molecule has 0 spiro atoms. The molecule has 0 aliphatic rings. The van der Waals surface area contributed by atoms with E-state index in [-0.39, 0.29) is 12.5 Å². The average molecular weight is 249 g/mol. The Morgan fingerprint density at radius 2 is 1.94 bits per heavy atom. The first-order chi connectivity index (χ1) is 8.63. The molecule has 0 radical (unpaired) electrons. The van der Waals surface area contributed by atoms with E-state index in [1.54, 1.807) is 6.92 Å². The van der Waals surface area contributed by atoms with Gasteiger partial charge >= 0.3 is 0 Å². The first-order valence-corrected chi connectivity index (χ1v) is 5.96. The average Bonchev–Trinajstić information content (AvgIpc) is 2.37. The van der Waals surface area contributed by atoms with Gasteiger partial charge in [0, 0.05) is 6.54 Å². The monoisotopic (exact) mass is 249 g/mol. The van der Waals surface area contributed by atoms with Crippen molar-refractivity contribution in [2.24, 2.45) is 5.73 Å². The highest BCUT2D eigenvalue weighted by Crippen LogP contribution is 1.96. The maximum Gasteiger partial charge on any atom is 0.239 e. The van der Waals surface area contributed by atoms with Crippen molar-refractivity contribution in [1.29, 1.82) is 0 Å². The van der Waals surface area contributed by atoms with Gasteiger partial charge in [-0.1, -0.05) is 37.3 Å². The first kappa shape index (κ1) is 14.2. The van der Waals surface area contributed by atoms with Gasteiger partial charge < -0.3 is 16.4 Å². The SMILES string of the molecule is CCC(NC(=O)CNCc1ccccc1)C(N)=O. The summed E-state index contributed by atoms with van der Waals surface area (Å²) in [6.07, 6.45) is 0.500. The largest absolute Gasteiger partial charge is 0.368 e. The first-order valence-electron chi connectivity index (χ1n) is 5.96. The van der Waals surface area contributed by atoms with Crippen LogP contribution in [0.15, 0.2) is 30.3 Å². The molecule has 5 nitrogen and oxygen atoms in total. The zero-order chi connectivity index (χ0) is 13.4. The van der Waals surface area contributed by atoms with E-state index >= 15 is 0 Å². The van der Waals surface area contributed by atoms with Crippen LogP contribution in [0.1, 0.15) is 18.9 Å². The predicted octanol–water partition coefficient (Wildman–Crippen LogP) is 0.156. The van der Waals surface area contributed by atoms with Crippen molar-refractivity contribution in [3.8, 4) is 0 Å². The Balaban J connectivity index is 2.27. The lowest BCUT2D eigenvalue weighted by atomic mass is 10.2. The number of hydrogen-bond acceptors (Lipinski definition) is 3. The van der Waals surface area contributed by atoms with Crippen LogP contribution in [0.4, 0.5) is 0 Å². The van der Waals surface area contributed by atoms with Gasteiger partial charge in [-0.2, -0.15) is 0 Å². The van der Waals surface area contributed by atoms with Crippen molar-refractivity contribution in [1.82, 2.24) is 10.6 Å². The summed E-state index contributed by atoms with van der Waals surface area (Å²) in [6, 6.07) is 9.19. The topological polar surface area (TPSA) is 84.2 Å². The number of carbonyl (C=O) groups excluding carboxylic acids is 2. The number of benzene rings is 1. The molecular formula is C13H19N3O2. The molecule has 0 aliphatic carbocycles. The third-order valence-corrected chi connectivity index (χ3v) is 2.54. The number of nitrogens with two attached hydrogens (primary N) is 1. The fraction of sp³-hybridized carbons (Fsp3) is 0.385. The van der Waals surface area contributed by atoms with Crippen molar-refractivity contribution in [3.05, 3.63) is 35.9 Å². The van der Waals surface area contributed by atoms with Crippen LogP contribution in [-0.4, -0.2) is 24.4 Å². The summed E-state index contributed by atoms with van der Waals surface area (Å²) in [6.45, 7) is 2.58. The molecule has 0 bridgehead atoms. The van der Waals surface area contributed by atoms with E-state index in [0.29, 0.717) is 13.0 Å². The molecule has 5 heteroatoms. The van der Waals surface area contributed by atoms with Gasteiger partial charge in [0.1, 0.15) is 6.04 Å². The Morgan fingerprint density at radius 1 is 1.28 bits per heavy atom. The number of hydrogen-bond donors (Lipinski definition) is 3. The molecule has 0 saturated carbocycles. The van der Waals surface area contributed by atoms with Gasteiger partial charge in [-0.15, -0.1) is 0 Å². The summed E-state index contributed by atoms with van der Waals surface area (Å²) in [4.78, 5) is 22.5. The van der Waals surface area contributed by atoms with E-state index in [1.807, 2.05) is 30.3 Å². The van der Waals surface area contributed by atoms with Gasteiger partial charge in [-0.05, 0) is 12.0 Å². The van der Waals surface area contributed by atoms with E-state index in [0.717, 1.165) is 5.56 Å². The van der Waals surface area contributed by atoms with Crippen LogP contribution in [0.2, 0.25) is 0 Å². The van der Waals surface area contributed by atoms with Crippen molar-refractivity contribution in [2.75, 3.05) is 6.54 Å². The van der Waals surface area contributed by atoms with Crippen LogP contribution in [0.5, 0.6) is 0 Å². The fourth-order valence-corrected chi connectivity index (χ4v) is 1.54. The molecule has 1 rings (SSSR count). The van der Waals surface area contributed by atoms with Crippen molar-refractivity contribution in [3.63, 3.8) is 0 Å². The van der Waals surface area contributed by atoms with Crippen LogP contribution in [0.3, 0.4) is 0 Å². The number of primary amides is 1. The lowest BCUT2D eigenvalue weighted by Crippen LogP contribution is -2.46. The minimum atomic E-state index is -0.587. The molecule has 1 aromatic carbocycles. The van der Waals surface area contributed by atoms with Crippen LogP contribution in [0.25, 0.3) is 0 Å². The maximum atomic E-state index is 11.5. The minimum Gasteiger partial charge on any atom is -0.368 e. The highest BCUT2D eigenvalue weighted by atomic mass is 16.2. The second-order valence-electron chi connectivity index (χ2n) is 4.02. The molecule has 0 saturated heterocycles. The number of rotatable bonds is 7. The zero-order valence-corrected chi connectivity index (χ0v) is 10.5. The van der Waals surface area contributed by atoms with Gasteiger partial charge in [-0.25, -0.2) is 0 Å². The van der Waals surface area contributed by atoms with Gasteiger partial charge in [-0.3, -0.25) is 9.59 Å². The molecule has 2 amide bonds. The van der Waals surface area contributed by atoms with Gasteiger partial charge in [0.2, 0.25) is 11.8 Å². The summed E-state index contributed by atoms with van der Waals surface area (Å²) < 4.78 is 0. The Bertz CT molecular complexity index is 392. The third-order valence-electron chi connectivity index (χ3n) is 2.54. The molecule has 1 atom stereocenters. The third kappa shape index (κ3) is 4.97. The summed E-state index contributed by atoms with van der Waals surface area (Å²) in [7, 11) is 0. The van der Waals surface area contributed by atoms with Gasteiger partial charge in [0.25, 0.3) is 0 Å². The van der Waals surface area contributed by atoms with Crippen molar-refractivity contribution in [2.45, 2.75) is 25.9 Å². The van der Waals surface area contributed by atoms with Crippen LogP contribution in [0, 0.1) is 0 Å². The fourth-order valence-electron chi connectivity index (χ4n) is 1.54. The normalized spacial score (nSPS) is 11.8. The highest BCUT2D eigenvalue weighted by molar-refractivity contribution is 5.87. The second kappa shape index (κ2) is 7.45. The quantitative estimate of drug-likeness (QED) is 0.643. The number of amides is 2. The van der Waals surface area contributed by atoms with E-state index in [9.17, 15) is 9.59 Å². The Hall–Kier alpha value is -1.88. The molecule has 1 unspecified atom stereocenters. The molecule has 18 heavy (non-hydrogen) atoms. The molecular weight excluding hydrogens is 230 g/mol. The predicted molar refractivity (Wildman–Crippen MR) is 69.6 cm³/mol. The minimum absolute atomic E-state index is 0.165. The lowest BCUT2D eigenvalue weighted by Gasteiger charge is -2.13. The number of nitrogens with one attached hydrogen (secondary N) is 2. The number of carbonyl (C=O) groups is 2. The summed E-state index contributed by atoms with van der Waals surface area (Å²) >= 11 is 0. The molecule has 0 aliphatic heterocycles. The Morgan fingerprint density at radius 3 is 2.50 bits per heavy atom. The van der Waals surface area contributed by atoms with Gasteiger partial charge in [0.15, 0.2) is 0 Å². The van der Waals surface area contributed by atoms with E-state index in [4.69, 9.17) is 5.73 Å². The van der Waals surface area contributed by atoms with Gasteiger partial charge in [0.05, 0.1) is 6.54 Å². The summed E-state index contributed by atoms with van der Waals surface area (Å²) in [5.74, 6) is -0.731. The van der Waals surface area contributed by atoms with E-state index in [1.165, 1.54) is 0 Å². The summed E-state index contributed by atoms with van der Waals surface area (Å²) in [5, 5.41) is 5.58. The van der Waals surface area contributed by atoms with E-state index in [2.05, 4.69) is 10.6 Å². The van der Waals surface area contributed by atoms with Crippen molar-refractivity contribution < 1.29 is 9.59 Å². The molecule has 0 fully saturated rings. The van der Waals surface area contributed by atoms with Crippen LogP contribution >= 0.6 is 0 Å². The molecule has 4 N–H and O–H groups in total. The molecule has 98 valence electrons. The summed E-state index contributed by atoms with van der Waals surface area (Å²) in [5.41, 5.74) is 6.25. The Kier molecular flexibility index (Phi) is 5.87. The Labute approximate surface area is 107 Å². The smallest absolute Gasteiger partial charge is 0.239 e. The standard InChI is InChI=1S/C13H19N3O2/c1-2-11(13(14)18)16-12(17)9-15-8-10-6-4-3-5-7-10/h3-7,11,15H,2,8-9H2,1H3,(H2,14,18)(H,16,17). The lowest BCUT2D eigenvalue weighted by molar-refractivity contribution is -0.126. The maximum absolute atomic E-state index is 11.5. The molecule has 0 heterocycles. The van der Waals surface area contributed by atoms with E-state index < -0.39 is 11.9 Å². The van der Waals surface area contributed by atoms with Crippen molar-refractivity contribution >= 4 is 11.8 Å². The molecule has 1 aromatic rings. The van der Waals surface area contributed by atoms with Crippen LogP contribution < -0.4 is 16.4 Å².